The normalized spacial score (nSPS) is 21.7. The Morgan fingerprint density at radius 3 is 2.83 bits per heavy atom. The molecule has 0 bridgehead atoms. The first kappa shape index (κ1) is 8.70. The van der Waals surface area contributed by atoms with Gasteiger partial charge in [-0.1, -0.05) is 5.16 Å². The quantitative estimate of drug-likeness (QED) is 0.436. The maximum absolute atomic E-state index is 11.0. The molecule has 0 unspecified atom stereocenters. The SMILES string of the molecule is CCOC(=O)C1=NOC(=O)[C@@H]1C. The zero-order valence-electron chi connectivity index (χ0n) is 6.86. The molecule has 0 aromatic rings. The molecule has 0 spiro atoms. The average molecular weight is 171 g/mol. The molecule has 5 heteroatoms. The predicted octanol–water partition coefficient (Wildman–Crippen LogP) is 0.0984. The molecule has 1 atom stereocenters. The highest BCUT2D eigenvalue weighted by molar-refractivity contribution is 6.41. The number of hydrogen-bond acceptors (Lipinski definition) is 5. The molecule has 0 aliphatic carbocycles. The summed E-state index contributed by atoms with van der Waals surface area (Å²) in [6.45, 7) is 3.49. The molecule has 1 aliphatic heterocycles. The lowest BCUT2D eigenvalue weighted by Crippen LogP contribution is -2.24. The Morgan fingerprint density at radius 2 is 2.42 bits per heavy atom. The van der Waals surface area contributed by atoms with Gasteiger partial charge >= 0.3 is 11.9 Å². The van der Waals surface area contributed by atoms with E-state index in [0.29, 0.717) is 0 Å². The molecule has 0 radical (unpaired) electrons. The summed E-state index contributed by atoms with van der Waals surface area (Å²) in [6, 6.07) is 0. The van der Waals surface area contributed by atoms with Crippen LogP contribution in [0.3, 0.4) is 0 Å². The number of nitrogens with zero attached hydrogens (tertiary/aromatic N) is 1. The van der Waals surface area contributed by atoms with Gasteiger partial charge in [-0.15, -0.1) is 0 Å². The number of carbonyl (C=O) groups excluding carboxylic acids is 2. The van der Waals surface area contributed by atoms with Crippen molar-refractivity contribution in [2.75, 3.05) is 6.61 Å². The topological polar surface area (TPSA) is 65.0 Å². The molecule has 0 fully saturated rings. The summed E-state index contributed by atoms with van der Waals surface area (Å²) in [5.74, 6) is -1.71. The van der Waals surface area contributed by atoms with Gasteiger partial charge in [0.2, 0.25) is 0 Å². The number of carbonyl (C=O) groups is 2. The van der Waals surface area contributed by atoms with E-state index in [9.17, 15) is 9.59 Å². The van der Waals surface area contributed by atoms with Crippen molar-refractivity contribution in [2.24, 2.45) is 11.1 Å². The molecular weight excluding hydrogens is 162 g/mol. The largest absolute Gasteiger partial charge is 0.461 e. The molecule has 1 heterocycles. The number of oxime groups is 1. The lowest BCUT2D eigenvalue weighted by atomic mass is 10.1. The highest BCUT2D eigenvalue weighted by Crippen LogP contribution is 2.11. The molecule has 0 aromatic heterocycles. The minimum atomic E-state index is -0.607. The third-order valence-electron chi connectivity index (χ3n) is 1.48. The molecule has 1 rings (SSSR count). The van der Waals surface area contributed by atoms with Crippen molar-refractivity contribution < 1.29 is 19.2 Å². The van der Waals surface area contributed by atoms with Crippen LogP contribution in [0.4, 0.5) is 0 Å². The second-order valence-corrected chi connectivity index (χ2v) is 2.33. The molecule has 66 valence electrons. The van der Waals surface area contributed by atoms with Crippen LogP contribution in [0.2, 0.25) is 0 Å². The van der Waals surface area contributed by atoms with Gasteiger partial charge in [-0.2, -0.15) is 0 Å². The molecule has 0 saturated heterocycles. The van der Waals surface area contributed by atoms with Crippen LogP contribution < -0.4 is 0 Å². The summed E-state index contributed by atoms with van der Waals surface area (Å²) < 4.78 is 4.64. The highest BCUT2D eigenvalue weighted by atomic mass is 16.7. The van der Waals surface area contributed by atoms with E-state index in [2.05, 4.69) is 14.7 Å². The van der Waals surface area contributed by atoms with Gasteiger partial charge in [-0.3, -0.25) is 0 Å². The molecule has 0 N–H and O–H groups in total. The van der Waals surface area contributed by atoms with Crippen LogP contribution in [0.25, 0.3) is 0 Å². The van der Waals surface area contributed by atoms with Crippen molar-refractivity contribution in [1.29, 1.82) is 0 Å². The van der Waals surface area contributed by atoms with Gasteiger partial charge in [0.25, 0.3) is 0 Å². The Kier molecular flexibility index (Phi) is 2.42. The Balaban J connectivity index is 2.64. The minimum Gasteiger partial charge on any atom is -0.461 e. The van der Waals surface area contributed by atoms with Crippen molar-refractivity contribution in [3.05, 3.63) is 0 Å². The maximum atomic E-state index is 11.0. The Labute approximate surface area is 69.3 Å². The predicted molar refractivity (Wildman–Crippen MR) is 39.3 cm³/mol. The van der Waals surface area contributed by atoms with Gasteiger partial charge in [0.15, 0.2) is 5.71 Å². The molecule has 12 heavy (non-hydrogen) atoms. The summed E-state index contributed by atoms with van der Waals surface area (Å²) in [5.41, 5.74) is 0.0434. The zero-order valence-corrected chi connectivity index (χ0v) is 6.86. The van der Waals surface area contributed by atoms with E-state index < -0.39 is 17.9 Å². The fraction of sp³-hybridized carbons (Fsp3) is 0.571. The van der Waals surface area contributed by atoms with E-state index >= 15 is 0 Å². The lowest BCUT2D eigenvalue weighted by molar-refractivity contribution is -0.143. The Morgan fingerprint density at radius 1 is 1.75 bits per heavy atom. The maximum Gasteiger partial charge on any atom is 0.357 e. The lowest BCUT2D eigenvalue weighted by Gasteiger charge is -2.00. The van der Waals surface area contributed by atoms with E-state index in [4.69, 9.17) is 0 Å². The van der Waals surface area contributed by atoms with Gasteiger partial charge < -0.3 is 9.57 Å². The minimum absolute atomic E-state index is 0.0434. The molecule has 0 saturated carbocycles. The average Bonchev–Trinajstić information content (AvgIpc) is 2.34. The summed E-state index contributed by atoms with van der Waals surface area (Å²) in [5, 5.41) is 3.31. The third-order valence-corrected chi connectivity index (χ3v) is 1.48. The van der Waals surface area contributed by atoms with Crippen LogP contribution in [-0.4, -0.2) is 24.3 Å². The van der Waals surface area contributed by atoms with Crippen LogP contribution in [0.1, 0.15) is 13.8 Å². The van der Waals surface area contributed by atoms with Gasteiger partial charge in [-0.25, -0.2) is 9.59 Å². The second-order valence-electron chi connectivity index (χ2n) is 2.33. The first-order valence-corrected chi connectivity index (χ1v) is 3.62. The Bertz CT molecular complexity index is 246. The van der Waals surface area contributed by atoms with E-state index in [1.807, 2.05) is 0 Å². The van der Waals surface area contributed by atoms with Crippen molar-refractivity contribution in [3.8, 4) is 0 Å². The highest BCUT2D eigenvalue weighted by Gasteiger charge is 2.34. The van der Waals surface area contributed by atoms with Gasteiger partial charge in [-0.05, 0) is 13.8 Å². The monoisotopic (exact) mass is 171 g/mol. The van der Waals surface area contributed by atoms with Crippen molar-refractivity contribution >= 4 is 17.7 Å². The Hall–Kier alpha value is -1.39. The van der Waals surface area contributed by atoms with Gasteiger partial charge in [0.1, 0.15) is 5.92 Å². The summed E-state index contributed by atoms with van der Waals surface area (Å²) in [7, 11) is 0. The second kappa shape index (κ2) is 3.34. The van der Waals surface area contributed by atoms with Crippen molar-refractivity contribution in [3.63, 3.8) is 0 Å². The van der Waals surface area contributed by atoms with Crippen LogP contribution in [-0.2, 0) is 19.2 Å². The third kappa shape index (κ3) is 1.44. The van der Waals surface area contributed by atoms with Crippen LogP contribution in [0.5, 0.6) is 0 Å². The van der Waals surface area contributed by atoms with Crippen LogP contribution in [0.15, 0.2) is 5.16 Å². The van der Waals surface area contributed by atoms with E-state index in [1.54, 1.807) is 13.8 Å². The van der Waals surface area contributed by atoms with Gasteiger partial charge in [0, 0.05) is 0 Å². The molecule has 0 aromatic carbocycles. The van der Waals surface area contributed by atoms with Crippen molar-refractivity contribution in [2.45, 2.75) is 13.8 Å². The molecule has 1 aliphatic rings. The van der Waals surface area contributed by atoms with Crippen LogP contribution in [0, 0.1) is 5.92 Å². The first-order chi connectivity index (χ1) is 5.66. The zero-order chi connectivity index (χ0) is 9.14. The standard InChI is InChI=1S/C7H9NO4/c1-3-11-7(10)5-4(2)6(9)12-8-5/h4H,3H2,1-2H3/t4-/m1/s1. The summed E-state index contributed by atoms with van der Waals surface area (Å²) >= 11 is 0. The number of esters is 1. The summed E-state index contributed by atoms with van der Waals surface area (Å²) in [4.78, 5) is 26.1. The summed E-state index contributed by atoms with van der Waals surface area (Å²) in [6.07, 6.45) is 0. The first-order valence-electron chi connectivity index (χ1n) is 3.62. The molecular formula is C7H9NO4. The number of rotatable bonds is 2. The number of ether oxygens (including phenoxy) is 1. The van der Waals surface area contributed by atoms with E-state index in [0.717, 1.165) is 0 Å². The smallest absolute Gasteiger partial charge is 0.357 e. The van der Waals surface area contributed by atoms with Crippen molar-refractivity contribution in [1.82, 2.24) is 0 Å². The van der Waals surface area contributed by atoms with E-state index in [-0.39, 0.29) is 12.3 Å². The number of hydrogen-bond donors (Lipinski definition) is 0. The molecule has 0 amide bonds. The van der Waals surface area contributed by atoms with Crippen LogP contribution >= 0.6 is 0 Å². The fourth-order valence-electron chi connectivity index (χ4n) is 0.783. The van der Waals surface area contributed by atoms with E-state index in [1.165, 1.54) is 0 Å². The van der Waals surface area contributed by atoms with Gasteiger partial charge in [0.05, 0.1) is 6.61 Å². The molecule has 5 nitrogen and oxygen atoms in total. The fourth-order valence-corrected chi connectivity index (χ4v) is 0.783.